The Morgan fingerprint density at radius 3 is 2.79 bits per heavy atom. The first kappa shape index (κ1) is 21.7. The molecule has 4 aromatic rings. The van der Waals surface area contributed by atoms with Crippen LogP contribution in [0.25, 0.3) is 22.3 Å². The number of fused-ring (bicyclic) bond motifs is 1. The molecule has 1 aliphatic rings. The lowest BCUT2D eigenvalue weighted by Crippen LogP contribution is -2.17. The van der Waals surface area contributed by atoms with Gasteiger partial charge in [-0.15, -0.1) is 10.2 Å². The Morgan fingerprint density at radius 2 is 2.03 bits per heavy atom. The van der Waals surface area contributed by atoms with Gasteiger partial charge in [-0.3, -0.25) is 9.36 Å². The fourth-order valence-corrected chi connectivity index (χ4v) is 5.16. The van der Waals surface area contributed by atoms with Gasteiger partial charge in [-0.25, -0.2) is 0 Å². The van der Waals surface area contributed by atoms with Crippen LogP contribution in [-0.4, -0.2) is 51.1 Å². The van der Waals surface area contributed by atoms with E-state index in [9.17, 15) is 4.79 Å². The number of nitrogens with zero attached hydrogens (tertiary/aromatic N) is 3. The van der Waals surface area contributed by atoms with E-state index in [0.717, 1.165) is 63.9 Å². The van der Waals surface area contributed by atoms with Gasteiger partial charge in [0, 0.05) is 34.3 Å². The summed E-state index contributed by atoms with van der Waals surface area (Å²) in [5, 5.41) is 10.6. The number of Topliss-reactive ketones (excluding diaryl/α,β-unsaturated/α-hetero) is 1. The first-order chi connectivity index (χ1) is 16.1. The van der Waals surface area contributed by atoms with Crippen LogP contribution in [0.3, 0.4) is 0 Å². The fraction of sp³-hybridized carbons (Fsp3) is 0.320. The minimum absolute atomic E-state index is 0.0765. The average Bonchev–Trinajstić information content (AvgIpc) is 3.56. The summed E-state index contributed by atoms with van der Waals surface area (Å²) in [6, 6.07) is 15.7. The molecule has 3 heterocycles. The third-order valence-electron chi connectivity index (χ3n) is 5.98. The van der Waals surface area contributed by atoms with Gasteiger partial charge < -0.3 is 14.5 Å². The summed E-state index contributed by atoms with van der Waals surface area (Å²) in [6.45, 7) is 3.39. The quantitative estimate of drug-likeness (QED) is 0.296. The van der Waals surface area contributed by atoms with Gasteiger partial charge in [0.2, 0.25) is 0 Å². The van der Waals surface area contributed by atoms with Crippen LogP contribution in [0.15, 0.2) is 53.7 Å². The van der Waals surface area contributed by atoms with E-state index in [1.54, 1.807) is 7.11 Å². The van der Waals surface area contributed by atoms with Gasteiger partial charge in [-0.2, -0.15) is 0 Å². The van der Waals surface area contributed by atoms with Crippen LogP contribution < -0.4 is 4.74 Å². The Balaban J connectivity index is 1.41. The molecule has 1 saturated heterocycles. The van der Waals surface area contributed by atoms with E-state index in [1.165, 1.54) is 11.8 Å². The highest BCUT2D eigenvalue weighted by Gasteiger charge is 2.23. The molecule has 0 saturated carbocycles. The highest BCUT2D eigenvalue weighted by atomic mass is 32.2. The van der Waals surface area contributed by atoms with Crippen LogP contribution in [-0.2, 0) is 11.3 Å². The van der Waals surface area contributed by atoms with E-state index in [1.807, 2.05) is 55.5 Å². The number of hydrogen-bond acceptors (Lipinski definition) is 6. The number of H-pyrrole nitrogens is 1. The van der Waals surface area contributed by atoms with Crippen LogP contribution in [0.5, 0.6) is 5.75 Å². The second-order valence-electron chi connectivity index (χ2n) is 8.16. The van der Waals surface area contributed by atoms with Crippen molar-refractivity contribution >= 4 is 28.4 Å². The Hall–Kier alpha value is -3.10. The predicted octanol–water partition coefficient (Wildman–Crippen LogP) is 4.90. The lowest BCUT2D eigenvalue weighted by Gasteiger charge is -2.15. The zero-order valence-electron chi connectivity index (χ0n) is 18.7. The van der Waals surface area contributed by atoms with Gasteiger partial charge >= 0.3 is 0 Å². The molecule has 0 unspecified atom stereocenters. The lowest BCUT2D eigenvalue weighted by molar-refractivity contribution is 0.0953. The molecule has 0 aliphatic carbocycles. The van der Waals surface area contributed by atoms with Gasteiger partial charge in [-0.05, 0) is 50.1 Å². The van der Waals surface area contributed by atoms with Gasteiger partial charge in [0.05, 0.1) is 25.5 Å². The fourth-order valence-electron chi connectivity index (χ4n) is 4.34. The number of carbonyl (C=O) groups excluding carboxylic acids is 1. The number of aryl methyl sites for hydroxylation is 1. The first-order valence-corrected chi connectivity index (χ1v) is 12.0. The maximum atomic E-state index is 13.2. The molecule has 1 aliphatic heterocycles. The third kappa shape index (κ3) is 4.41. The number of ketones is 1. The van der Waals surface area contributed by atoms with Gasteiger partial charge in [0.15, 0.2) is 16.8 Å². The van der Waals surface area contributed by atoms with Crippen molar-refractivity contribution in [1.29, 1.82) is 0 Å². The number of hydrogen-bond donors (Lipinski definition) is 1. The normalized spacial score (nSPS) is 15.9. The highest BCUT2D eigenvalue weighted by Crippen LogP contribution is 2.29. The summed E-state index contributed by atoms with van der Waals surface area (Å²) in [5.74, 6) is 1.92. The van der Waals surface area contributed by atoms with Crippen LogP contribution in [0.2, 0.25) is 0 Å². The minimum Gasteiger partial charge on any atom is -0.497 e. The summed E-state index contributed by atoms with van der Waals surface area (Å²) in [5.41, 5.74) is 3.57. The molecule has 0 bridgehead atoms. The number of aromatic nitrogens is 4. The van der Waals surface area contributed by atoms with E-state index >= 15 is 0 Å². The Labute approximate surface area is 196 Å². The van der Waals surface area contributed by atoms with Crippen LogP contribution in [0.1, 0.15) is 28.9 Å². The van der Waals surface area contributed by atoms with Crippen LogP contribution >= 0.6 is 11.8 Å². The minimum atomic E-state index is 0.0765. The maximum absolute atomic E-state index is 13.2. The molecule has 1 fully saturated rings. The molecule has 5 rings (SSSR count). The zero-order chi connectivity index (χ0) is 22.8. The number of nitrogens with one attached hydrogen (secondary N) is 1. The summed E-state index contributed by atoms with van der Waals surface area (Å²) in [7, 11) is 1.65. The summed E-state index contributed by atoms with van der Waals surface area (Å²) in [4.78, 5) is 16.5. The predicted molar refractivity (Wildman–Crippen MR) is 129 cm³/mol. The molecule has 170 valence electrons. The Bertz CT molecular complexity index is 1270. The second kappa shape index (κ2) is 9.41. The first-order valence-electron chi connectivity index (χ1n) is 11.1. The number of rotatable bonds is 8. The van der Waals surface area contributed by atoms with Crippen molar-refractivity contribution in [3.05, 3.63) is 59.8 Å². The standard InChI is InChI=1S/C25H26N4O3S/c1-16-23(20-7-3-4-8-21(20)26-16)22(30)15-33-25-28-27-24(17-9-11-18(31-2)12-10-17)29(25)14-19-6-5-13-32-19/h3-4,7-12,19,26H,5-6,13-15H2,1-2H3/t19-/m0/s1. The molecule has 1 N–H and O–H groups in total. The molecule has 7 nitrogen and oxygen atoms in total. The van der Waals surface area contributed by atoms with E-state index < -0.39 is 0 Å². The number of para-hydroxylation sites is 1. The third-order valence-corrected chi connectivity index (χ3v) is 6.95. The monoisotopic (exact) mass is 462 g/mol. The van der Waals surface area contributed by atoms with E-state index in [4.69, 9.17) is 9.47 Å². The molecule has 0 amide bonds. The number of thioether (sulfide) groups is 1. The summed E-state index contributed by atoms with van der Waals surface area (Å²) in [6.07, 6.45) is 2.20. The lowest BCUT2D eigenvalue weighted by atomic mass is 10.1. The second-order valence-corrected chi connectivity index (χ2v) is 9.11. The number of benzene rings is 2. The molecular weight excluding hydrogens is 436 g/mol. The SMILES string of the molecule is COc1ccc(-c2nnc(SCC(=O)c3c(C)[nH]c4ccccc34)n2C[C@@H]2CCCO2)cc1. The molecule has 2 aromatic heterocycles. The van der Waals surface area contributed by atoms with Crippen LogP contribution in [0.4, 0.5) is 0 Å². The molecule has 2 aromatic carbocycles. The van der Waals surface area contributed by atoms with E-state index in [0.29, 0.717) is 6.54 Å². The summed E-state index contributed by atoms with van der Waals surface area (Å²) >= 11 is 1.42. The van der Waals surface area contributed by atoms with Crippen LogP contribution in [0, 0.1) is 6.92 Å². The Morgan fingerprint density at radius 1 is 1.21 bits per heavy atom. The van der Waals surface area contributed by atoms with Crippen molar-refractivity contribution in [2.45, 2.75) is 37.6 Å². The van der Waals surface area contributed by atoms with E-state index in [-0.39, 0.29) is 17.6 Å². The number of methoxy groups -OCH3 is 1. The van der Waals surface area contributed by atoms with Crippen molar-refractivity contribution in [2.24, 2.45) is 0 Å². The van der Waals surface area contributed by atoms with Gasteiger partial charge in [-0.1, -0.05) is 30.0 Å². The van der Waals surface area contributed by atoms with Crippen molar-refractivity contribution in [1.82, 2.24) is 19.7 Å². The largest absolute Gasteiger partial charge is 0.497 e. The molecule has 33 heavy (non-hydrogen) atoms. The van der Waals surface area contributed by atoms with Crippen molar-refractivity contribution in [3.8, 4) is 17.1 Å². The molecule has 0 spiro atoms. The van der Waals surface area contributed by atoms with Gasteiger partial charge in [0.25, 0.3) is 0 Å². The topological polar surface area (TPSA) is 82.0 Å². The smallest absolute Gasteiger partial charge is 0.192 e. The number of carbonyl (C=O) groups is 1. The molecule has 8 heteroatoms. The average molecular weight is 463 g/mol. The molecular formula is C25H26N4O3S. The summed E-state index contributed by atoms with van der Waals surface area (Å²) < 4.78 is 13.2. The number of aromatic amines is 1. The van der Waals surface area contributed by atoms with Crippen molar-refractivity contribution in [3.63, 3.8) is 0 Å². The van der Waals surface area contributed by atoms with Gasteiger partial charge in [0.1, 0.15) is 5.75 Å². The zero-order valence-corrected chi connectivity index (χ0v) is 19.5. The molecule has 0 radical (unpaired) electrons. The molecule has 1 atom stereocenters. The van der Waals surface area contributed by atoms with E-state index in [2.05, 4.69) is 19.7 Å². The van der Waals surface area contributed by atoms with Crippen molar-refractivity contribution < 1.29 is 14.3 Å². The number of ether oxygens (including phenoxy) is 2. The highest BCUT2D eigenvalue weighted by molar-refractivity contribution is 7.99. The maximum Gasteiger partial charge on any atom is 0.192 e. The van der Waals surface area contributed by atoms with Crippen molar-refractivity contribution in [2.75, 3.05) is 19.5 Å². The Kier molecular flexibility index (Phi) is 6.20.